The van der Waals surface area contributed by atoms with Crippen LogP contribution in [0.3, 0.4) is 0 Å². The van der Waals surface area contributed by atoms with Gasteiger partial charge in [0, 0.05) is 11.6 Å². The van der Waals surface area contributed by atoms with Crippen molar-refractivity contribution >= 4 is 10.9 Å². The molecule has 3 aromatic rings. The summed E-state index contributed by atoms with van der Waals surface area (Å²) in [7, 11) is 0. The maximum Gasteiger partial charge on any atom is 0.0753 e. The van der Waals surface area contributed by atoms with Gasteiger partial charge in [0.05, 0.1) is 11.6 Å². The molecule has 0 saturated carbocycles. The fourth-order valence-electron chi connectivity index (χ4n) is 2.74. The fourth-order valence-corrected chi connectivity index (χ4v) is 2.74. The number of hydrogen-bond acceptors (Lipinski definition) is 2. The number of pyridine rings is 1. The van der Waals surface area contributed by atoms with Crippen LogP contribution in [-0.4, -0.2) is 4.98 Å². The third kappa shape index (κ3) is 2.81. The summed E-state index contributed by atoms with van der Waals surface area (Å²) in [6.07, 6.45) is 4.10. The molecule has 2 N–H and O–H groups in total. The van der Waals surface area contributed by atoms with E-state index in [-0.39, 0.29) is 6.04 Å². The maximum atomic E-state index is 6.47. The number of rotatable bonds is 4. The molecule has 2 heteroatoms. The molecule has 0 aliphatic rings. The summed E-state index contributed by atoms with van der Waals surface area (Å²) in [6, 6.07) is 18.7. The van der Waals surface area contributed by atoms with Crippen LogP contribution in [0.25, 0.3) is 10.9 Å². The second-order valence-electron chi connectivity index (χ2n) is 5.39. The van der Waals surface area contributed by atoms with E-state index in [2.05, 4.69) is 54.4 Å². The molecule has 0 radical (unpaired) electrons. The molecule has 1 heterocycles. The van der Waals surface area contributed by atoms with E-state index < -0.39 is 0 Å². The van der Waals surface area contributed by atoms with Gasteiger partial charge in [-0.2, -0.15) is 0 Å². The van der Waals surface area contributed by atoms with Gasteiger partial charge in [0.15, 0.2) is 0 Å². The van der Waals surface area contributed by atoms with E-state index in [9.17, 15) is 0 Å². The predicted octanol–water partition coefficient (Wildman–Crippen LogP) is 4.24. The molecular weight excluding hydrogens is 256 g/mol. The van der Waals surface area contributed by atoms with Gasteiger partial charge in [-0.25, -0.2) is 0 Å². The van der Waals surface area contributed by atoms with Crippen LogP contribution in [-0.2, 0) is 6.42 Å². The molecule has 3 rings (SSSR count). The first-order valence-corrected chi connectivity index (χ1v) is 7.47. The Kier molecular flexibility index (Phi) is 3.98. The molecule has 1 atom stereocenters. The largest absolute Gasteiger partial charge is 0.320 e. The summed E-state index contributed by atoms with van der Waals surface area (Å²) in [4.78, 5) is 4.49. The molecule has 0 fully saturated rings. The number of fused-ring (bicyclic) bond motifs is 1. The van der Waals surface area contributed by atoms with Gasteiger partial charge in [0.25, 0.3) is 0 Å². The highest BCUT2D eigenvalue weighted by Crippen LogP contribution is 2.26. The second-order valence-corrected chi connectivity index (χ2v) is 5.39. The lowest BCUT2D eigenvalue weighted by molar-refractivity contribution is 0.870. The minimum absolute atomic E-state index is 0.140. The van der Waals surface area contributed by atoms with Crippen LogP contribution in [0.4, 0.5) is 0 Å². The molecule has 2 nitrogen and oxygen atoms in total. The number of aryl methyl sites for hydroxylation is 1. The Hall–Kier alpha value is -2.19. The van der Waals surface area contributed by atoms with Crippen molar-refractivity contribution in [1.29, 1.82) is 0 Å². The van der Waals surface area contributed by atoms with Crippen molar-refractivity contribution in [2.75, 3.05) is 0 Å². The molecule has 0 bridgehead atoms. The number of nitrogens with zero attached hydrogens (tertiary/aromatic N) is 1. The van der Waals surface area contributed by atoms with Crippen molar-refractivity contribution < 1.29 is 0 Å². The van der Waals surface area contributed by atoms with Crippen molar-refractivity contribution in [2.24, 2.45) is 5.73 Å². The van der Waals surface area contributed by atoms with Gasteiger partial charge in [0.2, 0.25) is 0 Å². The molecule has 0 spiro atoms. The van der Waals surface area contributed by atoms with E-state index in [4.69, 9.17) is 5.73 Å². The Labute approximate surface area is 125 Å². The molecule has 0 aliphatic heterocycles. The number of nitrogens with two attached hydrogens (primary N) is 1. The van der Waals surface area contributed by atoms with Crippen LogP contribution >= 0.6 is 0 Å². The lowest BCUT2D eigenvalue weighted by atomic mass is 9.96. The van der Waals surface area contributed by atoms with Gasteiger partial charge in [-0.3, -0.25) is 4.98 Å². The Morgan fingerprint density at radius 3 is 2.52 bits per heavy atom. The number of aromatic nitrogens is 1. The van der Waals surface area contributed by atoms with Crippen molar-refractivity contribution in [2.45, 2.75) is 25.8 Å². The van der Waals surface area contributed by atoms with E-state index >= 15 is 0 Å². The smallest absolute Gasteiger partial charge is 0.0753 e. The van der Waals surface area contributed by atoms with E-state index in [1.807, 2.05) is 18.3 Å². The third-order valence-electron chi connectivity index (χ3n) is 3.88. The Balaban J connectivity index is 1.98. The number of benzene rings is 2. The first kappa shape index (κ1) is 13.8. The van der Waals surface area contributed by atoms with Gasteiger partial charge >= 0.3 is 0 Å². The molecule has 1 aromatic heterocycles. The summed E-state index contributed by atoms with van der Waals surface area (Å²) in [6.45, 7) is 2.20. The Bertz CT molecular complexity index is 727. The van der Waals surface area contributed by atoms with Crippen LogP contribution in [0.5, 0.6) is 0 Å². The van der Waals surface area contributed by atoms with E-state index in [0.29, 0.717) is 0 Å². The number of para-hydroxylation sites is 1. The monoisotopic (exact) mass is 276 g/mol. The Morgan fingerprint density at radius 1 is 1.00 bits per heavy atom. The van der Waals surface area contributed by atoms with Crippen LogP contribution < -0.4 is 5.73 Å². The highest BCUT2D eigenvalue weighted by Gasteiger charge is 2.12. The predicted molar refractivity (Wildman–Crippen MR) is 88.2 cm³/mol. The number of hydrogen-bond donors (Lipinski definition) is 1. The quantitative estimate of drug-likeness (QED) is 0.774. The van der Waals surface area contributed by atoms with E-state index in [1.54, 1.807) is 0 Å². The van der Waals surface area contributed by atoms with Gasteiger partial charge in [0.1, 0.15) is 0 Å². The molecule has 2 aromatic carbocycles. The zero-order chi connectivity index (χ0) is 14.7. The normalized spacial score (nSPS) is 12.5. The summed E-state index contributed by atoms with van der Waals surface area (Å²) in [5.74, 6) is 0. The summed E-state index contributed by atoms with van der Waals surface area (Å²) < 4.78 is 0. The van der Waals surface area contributed by atoms with E-state index in [1.165, 1.54) is 12.0 Å². The molecule has 0 aliphatic carbocycles. The SMILES string of the molecule is CCCc1ccc(C(N)c2cccc3cccnc23)cc1. The first-order valence-electron chi connectivity index (χ1n) is 7.47. The van der Waals surface area contributed by atoms with Gasteiger partial charge in [-0.15, -0.1) is 0 Å². The maximum absolute atomic E-state index is 6.47. The summed E-state index contributed by atoms with van der Waals surface area (Å²) in [5.41, 5.74) is 11.0. The molecule has 106 valence electrons. The lowest BCUT2D eigenvalue weighted by Gasteiger charge is -2.15. The molecule has 21 heavy (non-hydrogen) atoms. The third-order valence-corrected chi connectivity index (χ3v) is 3.88. The topological polar surface area (TPSA) is 38.9 Å². The van der Waals surface area contributed by atoms with Crippen molar-refractivity contribution in [1.82, 2.24) is 4.98 Å². The van der Waals surface area contributed by atoms with E-state index in [0.717, 1.165) is 28.5 Å². The zero-order valence-corrected chi connectivity index (χ0v) is 12.3. The van der Waals surface area contributed by atoms with Gasteiger partial charge in [-0.1, -0.05) is 61.9 Å². The summed E-state index contributed by atoms with van der Waals surface area (Å²) >= 11 is 0. The summed E-state index contributed by atoms with van der Waals surface area (Å²) in [5, 5.41) is 1.13. The average Bonchev–Trinajstić information content (AvgIpc) is 2.55. The minimum Gasteiger partial charge on any atom is -0.320 e. The average molecular weight is 276 g/mol. The highest BCUT2D eigenvalue weighted by molar-refractivity contribution is 5.82. The van der Waals surface area contributed by atoms with Crippen molar-refractivity contribution in [3.63, 3.8) is 0 Å². The standard InChI is InChI=1S/C19H20N2/c1-2-5-14-9-11-15(12-10-14)18(20)17-8-3-6-16-7-4-13-21-19(16)17/h3-4,6-13,18H,2,5,20H2,1H3. The first-order chi connectivity index (χ1) is 10.3. The van der Waals surface area contributed by atoms with Crippen LogP contribution in [0.2, 0.25) is 0 Å². The van der Waals surface area contributed by atoms with Crippen LogP contribution in [0.1, 0.15) is 36.1 Å². The molecular formula is C19H20N2. The Morgan fingerprint density at radius 2 is 1.76 bits per heavy atom. The molecule has 0 saturated heterocycles. The highest BCUT2D eigenvalue weighted by atomic mass is 14.7. The lowest BCUT2D eigenvalue weighted by Crippen LogP contribution is -2.12. The van der Waals surface area contributed by atoms with Crippen LogP contribution in [0, 0.1) is 0 Å². The molecule has 0 amide bonds. The zero-order valence-electron chi connectivity index (χ0n) is 12.3. The second kappa shape index (κ2) is 6.06. The molecule has 1 unspecified atom stereocenters. The van der Waals surface area contributed by atoms with Crippen molar-refractivity contribution in [3.8, 4) is 0 Å². The van der Waals surface area contributed by atoms with Crippen LogP contribution in [0.15, 0.2) is 60.8 Å². The minimum atomic E-state index is -0.140. The fraction of sp³-hybridized carbons (Fsp3) is 0.211. The van der Waals surface area contributed by atoms with Crippen molar-refractivity contribution in [3.05, 3.63) is 77.5 Å². The van der Waals surface area contributed by atoms with Gasteiger partial charge in [-0.05, 0) is 29.2 Å². The van der Waals surface area contributed by atoms with Gasteiger partial charge < -0.3 is 5.73 Å².